The summed E-state index contributed by atoms with van der Waals surface area (Å²) < 4.78 is 12.7. The first-order valence-electron chi connectivity index (χ1n) is 8.20. The van der Waals surface area contributed by atoms with Gasteiger partial charge in [0.2, 0.25) is 0 Å². The molecule has 0 aliphatic rings. The van der Waals surface area contributed by atoms with Gasteiger partial charge in [-0.2, -0.15) is 5.10 Å². The monoisotopic (exact) mass is 337 g/mol. The molecule has 0 amide bonds. The largest absolute Gasteiger partial charge is 0.497 e. The van der Waals surface area contributed by atoms with Gasteiger partial charge in [0.15, 0.2) is 0 Å². The lowest BCUT2D eigenvalue weighted by atomic mass is 10.2. The first-order chi connectivity index (χ1) is 12.1. The molecule has 0 aliphatic carbocycles. The molecule has 1 aromatic heterocycles. The second-order valence-electron chi connectivity index (χ2n) is 5.82. The van der Waals surface area contributed by atoms with Crippen LogP contribution in [-0.4, -0.2) is 24.0 Å². The van der Waals surface area contributed by atoms with Crippen LogP contribution in [0, 0.1) is 13.8 Å². The van der Waals surface area contributed by atoms with Gasteiger partial charge in [0.05, 0.1) is 31.3 Å². The molecule has 1 N–H and O–H groups in total. The van der Waals surface area contributed by atoms with Crippen molar-refractivity contribution in [2.45, 2.75) is 20.4 Å². The molecular weight excluding hydrogens is 314 g/mol. The lowest BCUT2D eigenvalue weighted by Gasteiger charge is -2.13. The Balaban J connectivity index is 1.86. The minimum Gasteiger partial charge on any atom is -0.497 e. The van der Waals surface area contributed by atoms with Gasteiger partial charge >= 0.3 is 0 Å². The van der Waals surface area contributed by atoms with Crippen LogP contribution in [0.2, 0.25) is 0 Å². The maximum atomic E-state index is 5.43. The molecule has 3 aromatic rings. The highest BCUT2D eigenvalue weighted by molar-refractivity contribution is 5.60. The Morgan fingerprint density at radius 1 is 1.00 bits per heavy atom. The second kappa shape index (κ2) is 7.30. The van der Waals surface area contributed by atoms with Gasteiger partial charge in [-0.25, -0.2) is 4.68 Å². The zero-order valence-corrected chi connectivity index (χ0v) is 15.0. The lowest BCUT2D eigenvalue weighted by molar-refractivity contribution is 0.404. The summed E-state index contributed by atoms with van der Waals surface area (Å²) in [4.78, 5) is 0. The van der Waals surface area contributed by atoms with Crippen LogP contribution in [-0.2, 0) is 6.54 Å². The molecular formula is C20H23N3O2. The SMILES string of the molecule is COc1ccc(OC)c(NCc2c(C)nn(-c3ccccc3)c2C)c1. The highest BCUT2D eigenvalue weighted by atomic mass is 16.5. The number of nitrogens with zero attached hydrogens (tertiary/aromatic N) is 2. The van der Waals surface area contributed by atoms with Crippen molar-refractivity contribution in [1.29, 1.82) is 0 Å². The normalized spacial score (nSPS) is 10.6. The molecule has 5 heteroatoms. The fourth-order valence-corrected chi connectivity index (χ4v) is 2.89. The minimum atomic E-state index is 0.661. The molecule has 0 bridgehead atoms. The molecule has 0 spiro atoms. The summed E-state index contributed by atoms with van der Waals surface area (Å²) in [5.41, 5.74) is 5.27. The Labute approximate surface area is 148 Å². The summed E-state index contributed by atoms with van der Waals surface area (Å²) in [5.74, 6) is 1.57. The van der Waals surface area contributed by atoms with Gasteiger partial charge in [0, 0.05) is 23.9 Å². The fraction of sp³-hybridized carbons (Fsp3) is 0.250. The molecule has 0 atom stereocenters. The van der Waals surface area contributed by atoms with Crippen LogP contribution in [0.15, 0.2) is 48.5 Å². The number of anilines is 1. The third-order valence-corrected chi connectivity index (χ3v) is 4.30. The van der Waals surface area contributed by atoms with E-state index in [-0.39, 0.29) is 0 Å². The van der Waals surface area contributed by atoms with Gasteiger partial charge in [0.1, 0.15) is 11.5 Å². The number of rotatable bonds is 6. The van der Waals surface area contributed by atoms with Crippen LogP contribution in [0.4, 0.5) is 5.69 Å². The number of ether oxygens (including phenoxy) is 2. The van der Waals surface area contributed by atoms with E-state index in [9.17, 15) is 0 Å². The standard InChI is InChI=1S/C20H23N3O2/c1-14-18(15(2)23(22-14)16-8-6-5-7-9-16)13-21-19-12-17(24-3)10-11-20(19)25-4/h5-12,21H,13H2,1-4H3. The van der Waals surface area contributed by atoms with Gasteiger partial charge < -0.3 is 14.8 Å². The number of methoxy groups -OCH3 is 2. The third kappa shape index (κ3) is 3.45. The van der Waals surface area contributed by atoms with Crippen LogP contribution < -0.4 is 14.8 Å². The van der Waals surface area contributed by atoms with Crippen LogP contribution in [0.1, 0.15) is 17.0 Å². The van der Waals surface area contributed by atoms with E-state index in [2.05, 4.69) is 29.5 Å². The quantitative estimate of drug-likeness (QED) is 0.735. The smallest absolute Gasteiger partial charge is 0.142 e. The number of para-hydroxylation sites is 1. The van der Waals surface area contributed by atoms with E-state index in [1.54, 1.807) is 14.2 Å². The Morgan fingerprint density at radius 3 is 2.44 bits per heavy atom. The van der Waals surface area contributed by atoms with Crippen LogP contribution in [0.5, 0.6) is 11.5 Å². The summed E-state index contributed by atoms with van der Waals surface area (Å²) in [5, 5.41) is 8.13. The van der Waals surface area contributed by atoms with E-state index in [4.69, 9.17) is 9.47 Å². The lowest BCUT2D eigenvalue weighted by Crippen LogP contribution is -2.04. The Kier molecular flexibility index (Phi) is 4.93. The number of hydrogen-bond acceptors (Lipinski definition) is 4. The number of aromatic nitrogens is 2. The fourth-order valence-electron chi connectivity index (χ4n) is 2.89. The predicted molar refractivity (Wildman–Crippen MR) is 99.9 cm³/mol. The zero-order chi connectivity index (χ0) is 17.8. The van der Waals surface area contributed by atoms with Crippen LogP contribution >= 0.6 is 0 Å². The van der Waals surface area contributed by atoms with Crippen molar-refractivity contribution in [3.63, 3.8) is 0 Å². The number of hydrogen-bond donors (Lipinski definition) is 1. The summed E-state index contributed by atoms with van der Waals surface area (Å²) in [6.07, 6.45) is 0. The average molecular weight is 337 g/mol. The van der Waals surface area contributed by atoms with E-state index >= 15 is 0 Å². The molecule has 25 heavy (non-hydrogen) atoms. The second-order valence-corrected chi connectivity index (χ2v) is 5.82. The number of benzene rings is 2. The molecule has 5 nitrogen and oxygen atoms in total. The van der Waals surface area contributed by atoms with Crippen molar-refractivity contribution in [1.82, 2.24) is 9.78 Å². The molecule has 0 fully saturated rings. The molecule has 0 aliphatic heterocycles. The van der Waals surface area contributed by atoms with Gasteiger partial charge in [-0.05, 0) is 38.1 Å². The van der Waals surface area contributed by atoms with E-state index in [0.717, 1.165) is 34.3 Å². The van der Waals surface area contributed by atoms with Crippen LogP contribution in [0.25, 0.3) is 5.69 Å². The van der Waals surface area contributed by atoms with Crippen molar-refractivity contribution < 1.29 is 9.47 Å². The van der Waals surface area contributed by atoms with E-state index in [1.165, 1.54) is 5.56 Å². The third-order valence-electron chi connectivity index (χ3n) is 4.30. The molecule has 0 saturated carbocycles. The van der Waals surface area contributed by atoms with E-state index < -0.39 is 0 Å². The Morgan fingerprint density at radius 2 is 1.76 bits per heavy atom. The number of aryl methyl sites for hydroxylation is 1. The maximum Gasteiger partial charge on any atom is 0.142 e. The highest BCUT2D eigenvalue weighted by Crippen LogP contribution is 2.30. The van der Waals surface area contributed by atoms with Gasteiger partial charge in [-0.3, -0.25) is 0 Å². The van der Waals surface area contributed by atoms with Crippen molar-refractivity contribution in [2.24, 2.45) is 0 Å². The van der Waals surface area contributed by atoms with E-state index in [1.807, 2.05) is 48.0 Å². The summed E-state index contributed by atoms with van der Waals surface area (Å²) in [7, 11) is 3.32. The molecule has 2 aromatic carbocycles. The molecule has 1 heterocycles. The van der Waals surface area contributed by atoms with Crippen molar-refractivity contribution in [3.05, 3.63) is 65.5 Å². The van der Waals surface area contributed by atoms with E-state index in [0.29, 0.717) is 6.54 Å². The zero-order valence-electron chi connectivity index (χ0n) is 15.0. The maximum absolute atomic E-state index is 5.43. The Hall–Kier alpha value is -2.95. The minimum absolute atomic E-state index is 0.661. The molecule has 0 radical (unpaired) electrons. The molecule has 130 valence electrons. The Bertz CT molecular complexity index is 857. The topological polar surface area (TPSA) is 48.3 Å². The average Bonchev–Trinajstić information content (AvgIpc) is 2.94. The highest BCUT2D eigenvalue weighted by Gasteiger charge is 2.13. The van der Waals surface area contributed by atoms with Crippen molar-refractivity contribution >= 4 is 5.69 Å². The van der Waals surface area contributed by atoms with Gasteiger partial charge in [-0.15, -0.1) is 0 Å². The molecule has 0 unspecified atom stereocenters. The van der Waals surface area contributed by atoms with Gasteiger partial charge in [-0.1, -0.05) is 18.2 Å². The summed E-state index contributed by atoms with van der Waals surface area (Å²) >= 11 is 0. The number of nitrogens with one attached hydrogen (secondary N) is 1. The van der Waals surface area contributed by atoms with Crippen LogP contribution in [0.3, 0.4) is 0 Å². The van der Waals surface area contributed by atoms with Crippen molar-refractivity contribution in [3.8, 4) is 17.2 Å². The molecule has 0 saturated heterocycles. The van der Waals surface area contributed by atoms with Crippen molar-refractivity contribution in [2.75, 3.05) is 19.5 Å². The first-order valence-corrected chi connectivity index (χ1v) is 8.20. The summed E-state index contributed by atoms with van der Waals surface area (Å²) in [6.45, 7) is 4.78. The first kappa shape index (κ1) is 16.9. The summed E-state index contributed by atoms with van der Waals surface area (Å²) in [6, 6.07) is 15.9. The predicted octanol–water partition coefficient (Wildman–Crippen LogP) is 4.12. The molecule has 3 rings (SSSR count). The van der Waals surface area contributed by atoms with Gasteiger partial charge in [0.25, 0.3) is 0 Å².